The second kappa shape index (κ2) is 11.3. The van der Waals surface area contributed by atoms with Crippen LogP contribution in [0, 0.1) is 0 Å². The van der Waals surface area contributed by atoms with Gasteiger partial charge < -0.3 is 24.7 Å². The molecule has 0 spiro atoms. The fourth-order valence-electron chi connectivity index (χ4n) is 3.96. The number of thiocarbonyl (C=S) groups is 1. The monoisotopic (exact) mass is 466 g/mol. The molecule has 0 atom stereocenters. The van der Waals surface area contributed by atoms with E-state index in [1.54, 1.807) is 7.11 Å². The minimum absolute atomic E-state index is 0.114. The number of fused-ring (bicyclic) bond motifs is 1. The number of benzene rings is 2. The third kappa shape index (κ3) is 6.31. The molecule has 0 aliphatic carbocycles. The Morgan fingerprint density at radius 2 is 1.97 bits per heavy atom. The summed E-state index contributed by atoms with van der Waals surface area (Å²) in [6.07, 6.45) is 0.944. The number of ether oxygens (including phenoxy) is 2. The van der Waals surface area contributed by atoms with Gasteiger partial charge >= 0.3 is 0 Å². The van der Waals surface area contributed by atoms with Gasteiger partial charge in [0.1, 0.15) is 5.75 Å². The maximum absolute atomic E-state index is 12.9. The van der Waals surface area contributed by atoms with Crippen LogP contribution in [0.15, 0.2) is 59.4 Å². The van der Waals surface area contributed by atoms with E-state index >= 15 is 0 Å². The van der Waals surface area contributed by atoms with Gasteiger partial charge in [-0.25, -0.2) is 0 Å². The lowest BCUT2D eigenvalue weighted by molar-refractivity contribution is 0.0367. The van der Waals surface area contributed by atoms with E-state index < -0.39 is 0 Å². The van der Waals surface area contributed by atoms with Gasteiger partial charge in [-0.3, -0.25) is 9.69 Å². The van der Waals surface area contributed by atoms with Gasteiger partial charge in [-0.1, -0.05) is 18.2 Å². The first-order chi connectivity index (χ1) is 16.1. The number of aromatic nitrogens is 1. The van der Waals surface area contributed by atoms with Crippen molar-refractivity contribution in [1.82, 2.24) is 14.8 Å². The number of hydrogen-bond donors (Lipinski definition) is 2. The first kappa shape index (κ1) is 23.2. The lowest BCUT2D eigenvalue weighted by atomic mass is 10.1. The zero-order chi connectivity index (χ0) is 23.0. The third-order valence-corrected chi connectivity index (χ3v) is 6.17. The summed E-state index contributed by atoms with van der Waals surface area (Å²) >= 11 is 5.75. The lowest BCUT2D eigenvalue weighted by Crippen LogP contribution is -2.40. The molecule has 1 saturated heterocycles. The maximum Gasteiger partial charge on any atom is 0.253 e. The number of rotatable bonds is 8. The molecule has 0 saturated carbocycles. The van der Waals surface area contributed by atoms with Crippen molar-refractivity contribution in [2.75, 3.05) is 51.8 Å². The molecule has 7 nitrogen and oxygen atoms in total. The second-order valence-electron chi connectivity index (χ2n) is 8.10. The summed E-state index contributed by atoms with van der Waals surface area (Å²) in [6.45, 7) is 5.64. The SMILES string of the molecule is COc1ccc2cc(CN(CCCN3CCOCC3)C(=S)Nc3ccccc3)c(=O)[nH]c2c1. The molecule has 3 aromatic rings. The normalized spacial score (nSPS) is 14.2. The van der Waals surface area contributed by atoms with Gasteiger partial charge in [-0.05, 0) is 54.4 Å². The molecule has 8 heteroatoms. The van der Waals surface area contributed by atoms with Crippen LogP contribution in [-0.4, -0.2) is 66.4 Å². The maximum atomic E-state index is 12.9. The lowest BCUT2D eigenvalue weighted by Gasteiger charge is -2.29. The van der Waals surface area contributed by atoms with Crippen molar-refractivity contribution in [2.45, 2.75) is 13.0 Å². The molecule has 1 aromatic heterocycles. The zero-order valence-electron chi connectivity index (χ0n) is 18.9. The van der Waals surface area contributed by atoms with E-state index in [-0.39, 0.29) is 5.56 Å². The Labute approximate surface area is 199 Å². The minimum Gasteiger partial charge on any atom is -0.497 e. The molecule has 4 rings (SSSR count). The van der Waals surface area contributed by atoms with Crippen molar-refractivity contribution in [2.24, 2.45) is 0 Å². The van der Waals surface area contributed by atoms with E-state index in [1.807, 2.05) is 54.6 Å². The fourth-order valence-corrected chi connectivity index (χ4v) is 4.24. The topological polar surface area (TPSA) is 69.8 Å². The smallest absolute Gasteiger partial charge is 0.253 e. The molecular weight excluding hydrogens is 436 g/mol. The van der Waals surface area contributed by atoms with Crippen molar-refractivity contribution in [3.63, 3.8) is 0 Å². The predicted octanol–water partition coefficient (Wildman–Crippen LogP) is 3.46. The number of pyridine rings is 1. The quantitative estimate of drug-likeness (QED) is 0.493. The van der Waals surface area contributed by atoms with Crippen LogP contribution in [0.4, 0.5) is 5.69 Å². The number of aromatic amines is 1. The Morgan fingerprint density at radius 1 is 1.18 bits per heavy atom. The molecule has 0 amide bonds. The van der Waals surface area contributed by atoms with E-state index in [0.717, 1.165) is 62.4 Å². The highest BCUT2D eigenvalue weighted by Crippen LogP contribution is 2.19. The number of hydrogen-bond acceptors (Lipinski definition) is 5. The minimum atomic E-state index is -0.114. The summed E-state index contributed by atoms with van der Waals surface area (Å²) in [5.41, 5.74) is 2.25. The van der Waals surface area contributed by atoms with Crippen LogP contribution in [0.3, 0.4) is 0 Å². The van der Waals surface area contributed by atoms with Crippen LogP contribution in [0.1, 0.15) is 12.0 Å². The highest BCUT2D eigenvalue weighted by atomic mass is 32.1. The Bertz CT molecular complexity index is 1130. The fraction of sp³-hybridized carbons (Fsp3) is 0.360. The molecule has 174 valence electrons. The Morgan fingerprint density at radius 3 is 2.73 bits per heavy atom. The van der Waals surface area contributed by atoms with Crippen LogP contribution >= 0.6 is 12.2 Å². The Hall–Kier alpha value is -2.94. The number of anilines is 1. The van der Waals surface area contributed by atoms with Crippen LogP contribution in [0.2, 0.25) is 0 Å². The average Bonchev–Trinajstić information content (AvgIpc) is 2.84. The summed E-state index contributed by atoms with van der Waals surface area (Å²) in [6, 6.07) is 17.5. The van der Waals surface area contributed by atoms with Gasteiger partial charge in [0, 0.05) is 43.5 Å². The summed E-state index contributed by atoms with van der Waals surface area (Å²) in [5, 5.41) is 4.88. The van der Waals surface area contributed by atoms with E-state index in [2.05, 4.69) is 20.1 Å². The molecule has 2 aromatic carbocycles. The first-order valence-electron chi connectivity index (χ1n) is 11.2. The summed E-state index contributed by atoms with van der Waals surface area (Å²) < 4.78 is 10.7. The first-order valence-corrected chi connectivity index (χ1v) is 11.6. The molecule has 33 heavy (non-hydrogen) atoms. The van der Waals surface area contributed by atoms with Crippen molar-refractivity contribution in [3.05, 3.63) is 70.5 Å². The molecule has 1 fully saturated rings. The van der Waals surface area contributed by atoms with Crippen LogP contribution in [0.25, 0.3) is 10.9 Å². The molecule has 0 bridgehead atoms. The van der Waals surface area contributed by atoms with Crippen molar-refractivity contribution in [3.8, 4) is 5.75 Å². The molecule has 1 aliphatic heterocycles. The van der Waals surface area contributed by atoms with Crippen LogP contribution in [0.5, 0.6) is 5.75 Å². The second-order valence-corrected chi connectivity index (χ2v) is 8.49. The number of para-hydroxylation sites is 1. The summed E-state index contributed by atoms with van der Waals surface area (Å²) in [5.74, 6) is 0.712. The van der Waals surface area contributed by atoms with Crippen molar-refractivity contribution < 1.29 is 9.47 Å². The number of nitrogens with zero attached hydrogens (tertiary/aromatic N) is 2. The van der Waals surface area contributed by atoms with Gasteiger partial charge in [0.2, 0.25) is 0 Å². The van der Waals surface area contributed by atoms with E-state index in [9.17, 15) is 4.79 Å². The van der Waals surface area contributed by atoms with E-state index in [1.165, 1.54) is 0 Å². The zero-order valence-corrected chi connectivity index (χ0v) is 19.7. The molecule has 2 N–H and O–H groups in total. The van der Waals surface area contributed by atoms with E-state index in [0.29, 0.717) is 23.0 Å². The van der Waals surface area contributed by atoms with Gasteiger partial charge in [-0.15, -0.1) is 0 Å². The standard InChI is InChI=1S/C25H30N4O3S/c1-31-22-9-8-19-16-20(24(30)27-23(19)17-22)18-29(11-5-10-28-12-14-32-15-13-28)25(33)26-21-6-3-2-4-7-21/h2-4,6-9,16-17H,5,10-15,18H2,1H3,(H,26,33)(H,27,30). The van der Waals surface area contributed by atoms with Crippen LogP contribution < -0.4 is 15.6 Å². The molecule has 0 unspecified atom stereocenters. The number of nitrogens with one attached hydrogen (secondary N) is 2. The highest BCUT2D eigenvalue weighted by molar-refractivity contribution is 7.80. The molecule has 0 radical (unpaired) electrons. The van der Waals surface area contributed by atoms with Crippen LogP contribution in [-0.2, 0) is 11.3 Å². The summed E-state index contributed by atoms with van der Waals surface area (Å²) in [7, 11) is 1.61. The Kier molecular flexibility index (Phi) is 7.93. The van der Waals surface area contributed by atoms with Crippen molar-refractivity contribution in [1.29, 1.82) is 0 Å². The van der Waals surface area contributed by atoms with E-state index in [4.69, 9.17) is 21.7 Å². The molecular formula is C25H30N4O3S. The van der Waals surface area contributed by atoms with Gasteiger partial charge in [0.15, 0.2) is 5.11 Å². The summed E-state index contributed by atoms with van der Waals surface area (Å²) in [4.78, 5) is 20.3. The van der Waals surface area contributed by atoms with Gasteiger partial charge in [-0.2, -0.15) is 0 Å². The number of morpholine rings is 1. The third-order valence-electron chi connectivity index (χ3n) is 5.81. The Balaban J connectivity index is 1.50. The van der Waals surface area contributed by atoms with Gasteiger partial charge in [0.05, 0.1) is 32.4 Å². The number of methoxy groups -OCH3 is 1. The van der Waals surface area contributed by atoms with Crippen molar-refractivity contribution >= 4 is 33.9 Å². The van der Waals surface area contributed by atoms with Gasteiger partial charge in [0.25, 0.3) is 5.56 Å². The largest absolute Gasteiger partial charge is 0.497 e. The molecule has 2 heterocycles. The molecule has 1 aliphatic rings. The predicted molar refractivity (Wildman–Crippen MR) is 136 cm³/mol. The highest BCUT2D eigenvalue weighted by Gasteiger charge is 2.16. The average molecular weight is 467 g/mol. The number of H-pyrrole nitrogens is 1.